The van der Waals surface area contributed by atoms with E-state index in [9.17, 15) is 9.59 Å². The lowest BCUT2D eigenvalue weighted by Gasteiger charge is -2.14. The predicted molar refractivity (Wildman–Crippen MR) is 91.1 cm³/mol. The molecule has 0 aliphatic carbocycles. The molecule has 1 amide bonds. The monoisotopic (exact) mass is 362 g/mol. The maximum atomic E-state index is 12.1. The minimum Gasteiger partial charge on any atom is -0.449 e. The number of nitriles is 1. The van der Waals surface area contributed by atoms with Gasteiger partial charge in [-0.3, -0.25) is 4.79 Å². The number of nitrogens with one attached hydrogen (secondary N) is 1. The molecule has 0 aliphatic rings. The van der Waals surface area contributed by atoms with Gasteiger partial charge in [0.15, 0.2) is 6.10 Å². The second-order valence-corrected chi connectivity index (χ2v) is 5.69. The molecule has 1 N–H and O–H groups in total. The van der Waals surface area contributed by atoms with Crippen molar-refractivity contribution < 1.29 is 14.3 Å². The number of halogens is 2. The summed E-state index contributed by atoms with van der Waals surface area (Å²) in [7, 11) is 0. The molecule has 2 aromatic carbocycles. The first-order valence-electron chi connectivity index (χ1n) is 6.88. The molecule has 7 heteroatoms. The van der Waals surface area contributed by atoms with Crippen LogP contribution in [-0.4, -0.2) is 18.0 Å². The van der Waals surface area contributed by atoms with Gasteiger partial charge in [0.05, 0.1) is 22.2 Å². The summed E-state index contributed by atoms with van der Waals surface area (Å²) in [6.07, 6.45) is -1.04. The van der Waals surface area contributed by atoms with Crippen molar-refractivity contribution in [3.8, 4) is 6.07 Å². The van der Waals surface area contributed by atoms with Gasteiger partial charge in [-0.2, -0.15) is 5.26 Å². The zero-order chi connectivity index (χ0) is 17.7. The lowest BCUT2D eigenvalue weighted by atomic mass is 10.2. The lowest BCUT2D eigenvalue weighted by molar-refractivity contribution is -0.123. The first-order chi connectivity index (χ1) is 11.4. The number of amides is 1. The summed E-state index contributed by atoms with van der Waals surface area (Å²) in [4.78, 5) is 24.2. The van der Waals surface area contributed by atoms with Crippen LogP contribution in [0.4, 0.5) is 5.69 Å². The molecule has 2 rings (SSSR count). The molecule has 0 saturated heterocycles. The number of nitrogens with zero attached hydrogens (tertiary/aromatic N) is 1. The smallest absolute Gasteiger partial charge is 0.340 e. The van der Waals surface area contributed by atoms with Crippen molar-refractivity contribution in [2.75, 3.05) is 5.32 Å². The molecule has 0 heterocycles. The molecule has 0 fully saturated rings. The Bertz CT molecular complexity index is 814. The Morgan fingerprint density at radius 2 is 1.83 bits per heavy atom. The fraction of sp³-hybridized carbons (Fsp3) is 0.118. The van der Waals surface area contributed by atoms with E-state index < -0.39 is 18.0 Å². The summed E-state index contributed by atoms with van der Waals surface area (Å²) in [5.74, 6) is -1.25. The average Bonchev–Trinajstić information content (AvgIpc) is 2.57. The van der Waals surface area contributed by atoms with Gasteiger partial charge in [0.25, 0.3) is 5.91 Å². The largest absolute Gasteiger partial charge is 0.449 e. The van der Waals surface area contributed by atoms with Gasteiger partial charge in [0.1, 0.15) is 0 Å². The van der Waals surface area contributed by atoms with E-state index in [0.717, 1.165) is 0 Å². The Hall–Kier alpha value is -2.55. The number of anilines is 1. The molecule has 2 aromatic rings. The molecule has 0 aromatic heterocycles. The standard InChI is InChI=1S/C17H12Cl2N2O3/c1-10(16(22)21-13-5-2-11(9-20)3-6-13)24-17(23)14-8-12(18)4-7-15(14)19/h2-8,10H,1H3,(H,21,22)/t10-/m0/s1. The zero-order valence-corrected chi connectivity index (χ0v) is 14.1. The topological polar surface area (TPSA) is 79.2 Å². The first-order valence-corrected chi connectivity index (χ1v) is 7.63. The number of ether oxygens (including phenoxy) is 1. The number of hydrogen-bond donors (Lipinski definition) is 1. The maximum absolute atomic E-state index is 12.1. The van der Waals surface area contributed by atoms with Crippen molar-refractivity contribution in [2.24, 2.45) is 0 Å². The highest BCUT2D eigenvalue weighted by Gasteiger charge is 2.21. The van der Waals surface area contributed by atoms with Crippen molar-refractivity contribution in [1.82, 2.24) is 0 Å². The molecular formula is C17H12Cl2N2O3. The Balaban J connectivity index is 2.01. The van der Waals surface area contributed by atoms with Crippen LogP contribution in [-0.2, 0) is 9.53 Å². The second kappa shape index (κ2) is 7.82. The van der Waals surface area contributed by atoms with Crippen molar-refractivity contribution in [1.29, 1.82) is 5.26 Å². The van der Waals surface area contributed by atoms with E-state index in [1.54, 1.807) is 30.3 Å². The number of hydrogen-bond acceptors (Lipinski definition) is 4. The van der Waals surface area contributed by atoms with Crippen molar-refractivity contribution >= 4 is 40.8 Å². The molecule has 0 unspecified atom stereocenters. The molecule has 1 atom stereocenters. The van der Waals surface area contributed by atoms with Gasteiger partial charge >= 0.3 is 5.97 Å². The molecule has 0 aliphatic heterocycles. The molecule has 122 valence electrons. The van der Waals surface area contributed by atoms with Crippen LogP contribution in [0.5, 0.6) is 0 Å². The minimum atomic E-state index is -1.04. The van der Waals surface area contributed by atoms with E-state index in [-0.39, 0.29) is 10.6 Å². The normalized spacial score (nSPS) is 11.2. The SMILES string of the molecule is C[C@H](OC(=O)c1cc(Cl)ccc1Cl)C(=O)Nc1ccc(C#N)cc1. The molecule has 0 saturated carbocycles. The first kappa shape index (κ1) is 17.8. The van der Waals surface area contributed by atoms with E-state index >= 15 is 0 Å². The summed E-state index contributed by atoms with van der Waals surface area (Å²) in [6.45, 7) is 1.44. The molecule has 24 heavy (non-hydrogen) atoms. The Labute approximate surface area is 148 Å². The molecule has 0 radical (unpaired) electrons. The van der Waals surface area contributed by atoms with Gasteiger partial charge in [-0.05, 0) is 49.4 Å². The highest BCUT2D eigenvalue weighted by atomic mass is 35.5. The van der Waals surface area contributed by atoms with Gasteiger partial charge in [-0.1, -0.05) is 23.2 Å². The van der Waals surface area contributed by atoms with Gasteiger partial charge < -0.3 is 10.1 Å². The van der Waals surface area contributed by atoms with E-state index in [1.165, 1.54) is 19.1 Å². The summed E-state index contributed by atoms with van der Waals surface area (Å²) in [6, 6.07) is 12.7. The van der Waals surface area contributed by atoms with Crippen molar-refractivity contribution in [3.63, 3.8) is 0 Å². The number of esters is 1. The predicted octanol–water partition coefficient (Wildman–Crippen LogP) is 4.05. The van der Waals surface area contributed by atoms with Crippen molar-refractivity contribution in [3.05, 3.63) is 63.6 Å². The molecule has 5 nitrogen and oxygen atoms in total. The van der Waals surface area contributed by atoms with Gasteiger partial charge in [0, 0.05) is 10.7 Å². The van der Waals surface area contributed by atoms with Crippen LogP contribution in [0, 0.1) is 11.3 Å². The van der Waals surface area contributed by atoms with Gasteiger partial charge in [-0.25, -0.2) is 4.79 Å². The van der Waals surface area contributed by atoms with Crippen LogP contribution in [0.1, 0.15) is 22.8 Å². The zero-order valence-electron chi connectivity index (χ0n) is 12.5. The summed E-state index contributed by atoms with van der Waals surface area (Å²) in [5, 5.41) is 11.8. The van der Waals surface area contributed by atoms with Crippen LogP contribution in [0.25, 0.3) is 0 Å². The van der Waals surface area contributed by atoms with Gasteiger partial charge in [0.2, 0.25) is 0 Å². The van der Waals surface area contributed by atoms with E-state index in [2.05, 4.69) is 5.32 Å². The summed E-state index contributed by atoms with van der Waals surface area (Å²) >= 11 is 11.7. The van der Waals surface area contributed by atoms with Crippen LogP contribution in [0.15, 0.2) is 42.5 Å². The fourth-order valence-electron chi connectivity index (χ4n) is 1.80. The van der Waals surface area contributed by atoms with Crippen LogP contribution in [0.3, 0.4) is 0 Å². The van der Waals surface area contributed by atoms with Crippen molar-refractivity contribution in [2.45, 2.75) is 13.0 Å². The van der Waals surface area contributed by atoms with E-state index in [1.807, 2.05) is 6.07 Å². The molecular weight excluding hydrogens is 351 g/mol. The highest BCUT2D eigenvalue weighted by molar-refractivity contribution is 6.35. The second-order valence-electron chi connectivity index (χ2n) is 4.85. The number of carbonyl (C=O) groups excluding carboxylic acids is 2. The third kappa shape index (κ3) is 4.48. The summed E-state index contributed by atoms with van der Waals surface area (Å²) in [5.41, 5.74) is 1.05. The Morgan fingerprint density at radius 1 is 1.17 bits per heavy atom. The number of benzene rings is 2. The number of carbonyl (C=O) groups is 2. The van der Waals surface area contributed by atoms with Gasteiger partial charge in [-0.15, -0.1) is 0 Å². The van der Waals surface area contributed by atoms with Crippen LogP contribution >= 0.6 is 23.2 Å². The van der Waals surface area contributed by atoms with Crippen LogP contribution in [0.2, 0.25) is 10.0 Å². The average molecular weight is 363 g/mol. The minimum absolute atomic E-state index is 0.0854. The Morgan fingerprint density at radius 3 is 2.46 bits per heavy atom. The molecule has 0 bridgehead atoms. The third-order valence-electron chi connectivity index (χ3n) is 3.08. The lowest BCUT2D eigenvalue weighted by Crippen LogP contribution is -2.30. The quantitative estimate of drug-likeness (QED) is 0.832. The molecule has 0 spiro atoms. The fourth-order valence-corrected chi connectivity index (χ4v) is 2.17. The number of rotatable bonds is 4. The highest BCUT2D eigenvalue weighted by Crippen LogP contribution is 2.22. The van der Waals surface area contributed by atoms with Crippen LogP contribution < -0.4 is 5.32 Å². The van der Waals surface area contributed by atoms with E-state index in [0.29, 0.717) is 16.3 Å². The van der Waals surface area contributed by atoms with E-state index in [4.69, 9.17) is 33.2 Å². The third-order valence-corrected chi connectivity index (χ3v) is 3.65. The maximum Gasteiger partial charge on any atom is 0.340 e. The Kier molecular flexibility index (Phi) is 5.80. The summed E-state index contributed by atoms with van der Waals surface area (Å²) < 4.78 is 5.10.